The molecule has 0 bridgehead atoms. The van der Waals surface area contributed by atoms with Gasteiger partial charge in [-0.1, -0.05) is 24.6 Å². The quantitative estimate of drug-likeness (QED) is 0.799. The molecule has 0 radical (unpaired) electrons. The Balaban J connectivity index is 2.20. The van der Waals surface area contributed by atoms with Crippen LogP contribution < -0.4 is 5.32 Å². The molecule has 1 aromatic carbocycles. The number of thiophene rings is 1. The minimum atomic E-state index is 0.332. The van der Waals surface area contributed by atoms with Gasteiger partial charge in [0.25, 0.3) is 0 Å². The summed E-state index contributed by atoms with van der Waals surface area (Å²) >= 11 is 11.3. The highest BCUT2D eigenvalue weighted by Crippen LogP contribution is 2.28. The van der Waals surface area contributed by atoms with Crippen LogP contribution >= 0.6 is 38.9 Å². The smallest absolute Gasteiger partial charge is 0.0548 e. The van der Waals surface area contributed by atoms with Crippen molar-refractivity contribution < 1.29 is 0 Å². The molecule has 0 saturated carbocycles. The zero-order valence-electron chi connectivity index (χ0n) is 10.1. The minimum Gasteiger partial charge on any atom is -0.310 e. The van der Waals surface area contributed by atoms with Crippen molar-refractivity contribution in [1.82, 2.24) is 5.32 Å². The number of hydrogen-bond acceptors (Lipinski definition) is 2. The molecule has 1 atom stereocenters. The van der Waals surface area contributed by atoms with E-state index in [9.17, 15) is 0 Å². The van der Waals surface area contributed by atoms with Crippen LogP contribution in [0.3, 0.4) is 0 Å². The summed E-state index contributed by atoms with van der Waals surface area (Å²) in [6.07, 6.45) is 1.01. The monoisotopic (exact) mass is 343 g/mol. The van der Waals surface area contributed by atoms with E-state index in [2.05, 4.69) is 57.1 Å². The predicted octanol–water partition coefficient (Wildman–Crippen LogP) is 5.06. The molecule has 0 aliphatic rings. The second-order valence-corrected chi connectivity index (χ2v) is 6.16. The summed E-state index contributed by atoms with van der Waals surface area (Å²) in [5, 5.41) is 8.60. The van der Waals surface area contributed by atoms with Crippen molar-refractivity contribution in [2.24, 2.45) is 0 Å². The van der Waals surface area contributed by atoms with Gasteiger partial charge in [0, 0.05) is 10.5 Å². The zero-order chi connectivity index (χ0) is 13.0. The maximum absolute atomic E-state index is 6.04. The van der Waals surface area contributed by atoms with Crippen LogP contribution in [0.15, 0.2) is 39.5 Å². The van der Waals surface area contributed by atoms with Gasteiger partial charge in [-0.15, -0.1) is 0 Å². The molecule has 0 amide bonds. The van der Waals surface area contributed by atoms with Gasteiger partial charge in [0.1, 0.15) is 0 Å². The molecule has 0 saturated heterocycles. The Labute approximate surface area is 125 Å². The number of benzene rings is 1. The Morgan fingerprint density at radius 2 is 2.22 bits per heavy atom. The van der Waals surface area contributed by atoms with Gasteiger partial charge in [-0.25, -0.2) is 0 Å². The molecule has 4 heteroatoms. The highest BCUT2D eigenvalue weighted by Gasteiger charge is 2.12. The highest BCUT2D eigenvalue weighted by atomic mass is 79.9. The number of halogens is 2. The molecule has 0 fully saturated rings. The summed E-state index contributed by atoms with van der Waals surface area (Å²) in [6, 6.07) is 8.64. The summed E-state index contributed by atoms with van der Waals surface area (Å²) < 4.78 is 0.954. The van der Waals surface area contributed by atoms with Crippen LogP contribution in [-0.4, -0.2) is 6.54 Å². The Morgan fingerprint density at radius 1 is 1.39 bits per heavy atom. The lowest BCUT2D eigenvalue weighted by molar-refractivity contribution is 0.550. The van der Waals surface area contributed by atoms with Crippen molar-refractivity contribution >= 4 is 38.9 Å². The van der Waals surface area contributed by atoms with Crippen molar-refractivity contribution in [3.8, 4) is 0 Å². The van der Waals surface area contributed by atoms with E-state index < -0.39 is 0 Å². The van der Waals surface area contributed by atoms with Crippen molar-refractivity contribution in [3.63, 3.8) is 0 Å². The molecule has 18 heavy (non-hydrogen) atoms. The van der Waals surface area contributed by atoms with Crippen LogP contribution in [0.5, 0.6) is 0 Å². The van der Waals surface area contributed by atoms with Gasteiger partial charge in [-0.05, 0) is 69.0 Å². The fourth-order valence-corrected chi connectivity index (χ4v) is 3.12. The van der Waals surface area contributed by atoms with Gasteiger partial charge in [0.05, 0.1) is 5.02 Å². The van der Waals surface area contributed by atoms with Crippen molar-refractivity contribution in [1.29, 1.82) is 0 Å². The third kappa shape index (κ3) is 3.58. The topological polar surface area (TPSA) is 12.0 Å². The Bertz CT molecular complexity index is 499. The van der Waals surface area contributed by atoms with E-state index >= 15 is 0 Å². The molecule has 2 aromatic rings. The van der Waals surface area contributed by atoms with Crippen molar-refractivity contribution in [3.05, 3.63) is 55.6 Å². The number of nitrogens with one attached hydrogen (secondary N) is 1. The lowest BCUT2D eigenvalue weighted by Crippen LogP contribution is -2.22. The molecule has 1 unspecified atom stereocenters. The van der Waals surface area contributed by atoms with Gasteiger partial charge in [0.2, 0.25) is 0 Å². The summed E-state index contributed by atoms with van der Waals surface area (Å²) in [6.45, 7) is 3.08. The first kappa shape index (κ1) is 14.1. The van der Waals surface area contributed by atoms with E-state index in [0.717, 1.165) is 22.5 Å². The SMILES string of the molecule is CCNC(Cc1ccsc1)c1ccc(Cl)c(Br)c1. The first-order valence-corrected chi connectivity index (χ1v) is 8.01. The maximum atomic E-state index is 6.04. The molecular formula is C14H15BrClNS. The maximum Gasteiger partial charge on any atom is 0.0548 e. The highest BCUT2D eigenvalue weighted by molar-refractivity contribution is 9.10. The van der Waals surface area contributed by atoms with Crippen LogP contribution in [0.1, 0.15) is 24.1 Å². The number of likely N-dealkylation sites (N-methyl/N-ethyl adjacent to an activating group) is 1. The van der Waals surface area contributed by atoms with E-state index in [0.29, 0.717) is 6.04 Å². The third-order valence-corrected chi connectivity index (χ3v) is 4.76. The van der Waals surface area contributed by atoms with E-state index in [1.165, 1.54) is 11.1 Å². The molecule has 1 N–H and O–H groups in total. The van der Waals surface area contributed by atoms with Crippen LogP contribution in [0.4, 0.5) is 0 Å². The number of hydrogen-bond donors (Lipinski definition) is 1. The van der Waals surface area contributed by atoms with E-state index in [4.69, 9.17) is 11.6 Å². The van der Waals surface area contributed by atoms with Crippen LogP contribution in [0.2, 0.25) is 5.02 Å². The lowest BCUT2D eigenvalue weighted by Gasteiger charge is -2.18. The lowest BCUT2D eigenvalue weighted by atomic mass is 10.0. The summed E-state index contributed by atoms with van der Waals surface area (Å²) in [4.78, 5) is 0. The molecule has 1 heterocycles. The first-order chi connectivity index (χ1) is 8.70. The largest absolute Gasteiger partial charge is 0.310 e. The van der Waals surface area contributed by atoms with E-state index in [1.54, 1.807) is 11.3 Å². The number of rotatable bonds is 5. The average Bonchev–Trinajstić information content (AvgIpc) is 2.85. The van der Waals surface area contributed by atoms with Gasteiger partial charge >= 0.3 is 0 Å². The molecule has 96 valence electrons. The molecular weight excluding hydrogens is 330 g/mol. The fourth-order valence-electron chi connectivity index (χ4n) is 1.93. The van der Waals surface area contributed by atoms with Gasteiger partial charge < -0.3 is 5.32 Å². The molecule has 1 nitrogen and oxygen atoms in total. The predicted molar refractivity (Wildman–Crippen MR) is 83.6 cm³/mol. The molecule has 0 aliphatic heterocycles. The summed E-state index contributed by atoms with van der Waals surface area (Å²) in [5.74, 6) is 0. The summed E-state index contributed by atoms with van der Waals surface area (Å²) in [7, 11) is 0. The first-order valence-electron chi connectivity index (χ1n) is 5.90. The second kappa shape index (κ2) is 6.71. The normalized spacial score (nSPS) is 12.6. The third-order valence-electron chi connectivity index (χ3n) is 2.82. The fraction of sp³-hybridized carbons (Fsp3) is 0.286. The molecule has 0 spiro atoms. The molecule has 2 rings (SSSR count). The van der Waals surface area contributed by atoms with Crippen LogP contribution in [0.25, 0.3) is 0 Å². The Hall–Kier alpha value is -0.350. The summed E-state index contributed by atoms with van der Waals surface area (Å²) in [5.41, 5.74) is 2.64. The minimum absolute atomic E-state index is 0.332. The second-order valence-electron chi connectivity index (χ2n) is 4.12. The van der Waals surface area contributed by atoms with Gasteiger partial charge in [0.15, 0.2) is 0 Å². The Morgan fingerprint density at radius 3 is 2.83 bits per heavy atom. The Kier molecular flexibility index (Phi) is 5.25. The van der Waals surface area contributed by atoms with Crippen LogP contribution in [0, 0.1) is 0 Å². The average molecular weight is 345 g/mol. The van der Waals surface area contributed by atoms with Crippen LogP contribution in [-0.2, 0) is 6.42 Å². The van der Waals surface area contributed by atoms with Gasteiger partial charge in [-0.2, -0.15) is 11.3 Å². The van der Waals surface area contributed by atoms with Gasteiger partial charge in [-0.3, -0.25) is 0 Å². The van der Waals surface area contributed by atoms with E-state index in [-0.39, 0.29) is 0 Å². The van der Waals surface area contributed by atoms with E-state index in [1.807, 2.05) is 6.07 Å². The van der Waals surface area contributed by atoms with Crippen molar-refractivity contribution in [2.75, 3.05) is 6.54 Å². The standard InChI is InChI=1S/C14H15BrClNS/c1-2-17-14(7-10-5-6-18-9-10)11-3-4-13(16)12(15)8-11/h3-6,8-9,14,17H,2,7H2,1H3. The zero-order valence-corrected chi connectivity index (χ0v) is 13.3. The van der Waals surface area contributed by atoms with Crippen molar-refractivity contribution in [2.45, 2.75) is 19.4 Å². The molecule has 0 aliphatic carbocycles. The molecule has 1 aromatic heterocycles.